The monoisotopic (exact) mass is 217 g/mol. The van der Waals surface area contributed by atoms with Gasteiger partial charge in [0.1, 0.15) is 0 Å². The van der Waals surface area contributed by atoms with E-state index in [1.165, 1.54) is 11.8 Å². The van der Waals surface area contributed by atoms with Crippen LogP contribution in [0, 0.1) is 0 Å². The number of hydrogen-bond acceptors (Lipinski definition) is 2. The van der Waals surface area contributed by atoms with E-state index in [1.54, 1.807) is 5.41 Å². The molecule has 3 rings (SSSR count). The van der Waals surface area contributed by atoms with Gasteiger partial charge < -0.3 is 0 Å². The molecular weight excluding hydrogens is 209 g/mol. The number of fused-ring (bicyclic) bond motifs is 2. The van der Waals surface area contributed by atoms with Crippen molar-refractivity contribution in [2.24, 2.45) is 0 Å². The maximum Gasteiger partial charge on any atom is 0.177 e. The molecule has 0 spiro atoms. The van der Waals surface area contributed by atoms with E-state index in [0.29, 0.717) is 5.56 Å². The highest BCUT2D eigenvalue weighted by Crippen LogP contribution is 2.38. The average Bonchev–Trinajstić information content (AvgIpc) is 2.27. The lowest BCUT2D eigenvalue weighted by molar-refractivity contribution is 0.469. The first-order valence-corrected chi connectivity index (χ1v) is 5.65. The van der Waals surface area contributed by atoms with Gasteiger partial charge in [0.15, 0.2) is 5.50 Å². The fourth-order valence-electron chi connectivity index (χ4n) is 1.71. The Kier molecular flexibility index (Phi) is 1.99. The number of halogens is 1. The van der Waals surface area contributed by atoms with Crippen molar-refractivity contribution in [2.75, 3.05) is 0 Å². The van der Waals surface area contributed by atoms with Gasteiger partial charge in [0.25, 0.3) is 0 Å². The van der Waals surface area contributed by atoms with Gasteiger partial charge >= 0.3 is 0 Å². The Morgan fingerprint density at radius 1 is 1.27 bits per heavy atom. The van der Waals surface area contributed by atoms with Crippen LogP contribution >= 0.6 is 11.8 Å². The molecule has 0 N–H and O–H groups in total. The Morgan fingerprint density at radius 3 is 3.07 bits per heavy atom. The molecule has 0 saturated carbocycles. The number of nitrogens with zero attached hydrogens (tertiary/aromatic N) is 1. The lowest BCUT2D eigenvalue weighted by Gasteiger charge is -2.14. The summed E-state index contributed by atoms with van der Waals surface area (Å²) in [5.74, 6) is 0. The third-order valence-electron chi connectivity index (χ3n) is 2.45. The van der Waals surface area contributed by atoms with Crippen molar-refractivity contribution >= 4 is 28.7 Å². The van der Waals surface area contributed by atoms with Crippen LogP contribution in [0.3, 0.4) is 0 Å². The second-order valence-corrected chi connectivity index (χ2v) is 4.37. The number of hydrogen-bond donors (Lipinski definition) is 0. The zero-order valence-electron chi connectivity index (χ0n) is 7.85. The van der Waals surface area contributed by atoms with Gasteiger partial charge in [-0.2, -0.15) is 0 Å². The fourth-order valence-corrected chi connectivity index (χ4v) is 2.39. The summed E-state index contributed by atoms with van der Waals surface area (Å²) in [6.07, 6.45) is 1.86. The lowest BCUT2D eigenvalue weighted by atomic mass is 10.1. The highest BCUT2D eigenvalue weighted by molar-refractivity contribution is 8.02. The highest BCUT2D eigenvalue weighted by atomic mass is 32.2. The Labute approximate surface area is 91.0 Å². The predicted molar refractivity (Wildman–Crippen MR) is 62.2 cm³/mol. The Bertz CT molecular complexity index is 550. The van der Waals surface area contributed by atoms with Gasteiger partial charge in [-0.1, -0.05) is 30.0 Å². The van der Waals surface area contributed by atoms with Crippen molar-refractivity contribution in [1.29, 1.82) is 0 Å². The number of thioether (sulfide) groups is 1. The topological polar surface area (TPSA) is 12.9 Å². The molecule has 74 valence electrons. The Balaban J connectivity index is 2.33. The molecule has 0 saturated heterocycles. The van der Waals surface area contributed by atoms with Crippen LogP contribution in [0.15, 0.2) is 35.7 Å². The second kappa shape index (κ2) is 3.35. The van der Waals surface area contributed by atoms with Crippen LogP contribution in [0.2, 0.25) is 0 Å². The molecule has 0 radical (unpaired) electrons. The van der Waals surface area contributed by atoms with Crippen molar-refractivity contribution in [2.45, 2.75) is 5.50 Å². The normalized spacial score (nSPS) is 19.1. The summed E-state index contributed by atoms with van der Waals surface area (Å²) in [5, 5.41) is 2.75. The second-order valence-electron chi connectivity index (χ2n) is 3.41. The smallest absolute Gasteiger partial charge is 0.177 e. The molecule has 3 heteroatoms. The fraction of sp³-hybridized carbons (Fsp3) is 0.0833. The van der Waals surface area contributed by atoms with E-state index in [-0.39, 0.29) is 0 Å². The maximum atomic E-state index is 13.6. The standard InChI is InChI=1S/C12H8FNS/c13-12-9-7-8-3-1-2-4-10(8)14-11(9)5-6-15-12/h1-7,12H. The molecule has 0 amide bonds. The molecule has 0 fully saturated rings. The largest absolute Gasteiger partial charge is 0.248 e. The molecule has 1 unspecified atom stereocenters. The quantitative estimate of drug-likeness (QED) is 0.663. The van der Waals surface area contributed by atoms with Crippen LogP contribution in [0.1, 0.15) is 16.8 Å². The number of pyridine rings is 1. The van der Waals surface area contributed by atoms with Crippen LogP contribution in [0.25, 0.3) is 17.0 Å². The van der Waals surface area contributed by atoms with Crippen LogP contribution in [-0.2, 0) is 0 Å². The zero-order chi connectivity index (χ0) is 10.3. The van der Waals surface area contributed by atoms with Crippen LogP contribution < -0.4 is 0 Å². The first-order valence-electron chi connectivity index (χ1n) is 4.70. The first kappa shape index (κ1) is 8.92. The number of para-hydroxylation sites is 1. The third-order valence-corrected chi connectivity index (χ3v) is 3.24. The van der Waals surface area contributed by atoms with E-state index in [1.807, 2.05) is 36.4 Å². The van der Waals surface area contributed by atoms with Crippen molar-refractivity contribution < 1.29 is 4.39 Å². The molecule has 2 aromatic rings. The Morgan fingerprint density at radius 2 is 2.13 bits per heavy atom. The summed E-state index contributed by atoms with van der Waals surface area (Å²) >= 11 is 1.18. The maximum absolute atomic E-state index is 13.6. The van der Waals surface area contributed by atoms with E-state index >= 15 is 0 Å². The van der Waals surface area contributed by atoms with E-state index < -0.39 is 5.50 Å². The van der Waals surface area contributed by atoms with E-state index in [4.69, 9.17) is 0 Å². The molecule has 1 aliphatic rings. The highest BCUT2D eigenvalue weighted by Gasteiger charge is 2.18. The van der Waals surface area contributed by atoms with Crippen molar-refractivity contribution in [3.63, 3.8) is 0 Å². The molecule has 0 bridgehead atoms. The van der Waals surface area contributed by atoms with E-state index in [9.17, 15) is 4.39 Å². The first-order chi connectivity index (χ1) is 7.34. The summed E-state index contributed by atoms with van der Waals surface area (Å²) in [6, 6.07) is 9.67. The number of aromatic nitrogens is 1. The van der Waals surface area contributed by atoms with Gasteiger partial charge in [-0.3, -0.25) is 0 Å². The summed E-state index contributed by atoms with van der Waals surface area (Å²) in [7, 11) is 0. The van der Waals surface area contributed by atoms with Gasteiger partial charge in [-0.25, -0.2) is 9.37 Å². The van der Waals surface area contributed by atoms with Crippen molar-refractivity contribution in [3.05, 3.63) is 47.0 Å². The Hall–Kier alpha value is -1.35. The number of rotatable bonds is 0. The summed E-state index contributed by atoms with van der Waals surface area (Å²) in [6.45, 7) is 0. The van der Waals surface area contributed by atoms with Crippen LogP contribution in [0.5, 0.6) is 0 Å². The van der Waals surface area contributed by atoms with Gasteiger partial charge in [0.05, 0.1) is 11.2 Å². The molecule has 1 aliphatic heterocycles. The lowest BCUT2D eigenvalue weighted by Crippen LogP contribution is -1.97. The third kappa shape index (κ3) is 1.43. The molecule has 15 heavy (non-hydrogen) atoms. The van der Waals surface area contributed by atoms with Gasteiger partial charge in [0.2, 0.25) is 0 Å². The van der Waals surface area contributed by atoms with Crippen LogP contribution in [-0.4, -0.2) is 4.98 Å². The summed E-state index contributed by atoms with van der Waals surface area (Å²) in [4.78, 5) is 4.43. The summed E-state index contributed by atoms with van der Waals surface area (Å²) in [5.41, 5.74) is 1.36. The minimum atomic E-state index is -0.984. The minimum Gasteiger partial charge on any atom is -0.248 e. The molecule has 1 nitrogen and oxygen atoms in total. The molecule has 1 aromatic heterocycles. The van der Waals surface area contributed by atoms with E-state index in [0.717, 1.165) is 16.6 Å². The molecule has 0 aliphatic carbocycles. The zero-order valence-corrected chi connectivity index (χ0v) is 8.67. The van der Waals surface area contributed by atoms with Crippen molar-refractivity contribution in [1.82, 2.24) is 4.98 Å². The van der Waals surface area contributed by atoms with Gasteiger partial charge in [-0.05, 0) is 23.6 Å². The molecule has 2 heterocycles. The van der Waals surface area contributed by atoms with Crippen molar-refractivity contribution in [3.8, 4) is 0 Å². The molecule has 1 aromatic carbocycles. The van der Waals surface area contributed by atoms with E-state index in [2.05, 4.69) is 4.98 Å². The number of alkyl halides is 1. The number of benzene rings is 1. The molecule has 1 atom stereocenters. The van der Waals surface area contributed by atoms with Gasteiger partial charge in [-0.15, -0.1) is 0 Å². The SMILES string of the molecule is FC1SC=Cc2nc3ccccc3cc21. The predicted octanol–water partition coefficient (Wildman–Crippen LogP) is 3.92. The van der Waals surface area contributed by atoms with Crippen LogP contribution in [0.4, 0.5) is 4.39 Å². The summed E-state index contributed by atoms with van der Waals surface area (Å²) < 4.78 is 13.6. The minimum absolute atomic E-state index is 0.682. The van der Waals surface area contributed by atoms with Gasteiger partial charge in [0, 0.05) is 10.9 Å². The molecular formula is C12H8FNS. The average molecular weight is 217 g/mol.